The van der Waals surface area contributed by atoms with E-state index in [-0.39, 0.29) is 6.04 Å². The molecule has 6 nitrogen and oxygen atoms in total. The number of sulfonamides is 1. The summed E-state index contributed by atoms with van der Waals surface area (Å²) in [5.41, 5.74) is 0. The summed E-state index contributed by atoms with van der Waals surface area (Å²) in [4.78, 5) is 10.8. The Morgan fingerprint density at radius 2 is 2.12 bits per heavy atom. The minimum atomic E-state index is -3.72. The molecule has 0 aliphatic carbocycles. The number of rotatable bonds is 3. The van der Waals surface area contributed by atoms with E-state index in [1.807, 2.05) is 6.92 Å². The Balaban J connectivity index is 2.22. The molecule has 0 radical (unpaired) electrons. The zero-order chi connectivity index (χ0) is 12.8. The van der Waals surface area contributed by atoms with E-state index in [1.54, 1.807) is 0 Å². The van der Waals surface area contributed by atoms with E-state index in [4.69, 9.17) is 5.11 Å². The van der Waals surface area contributed by atoms with Crippen molar-refractivity contribution in [2.75, 3.05) is 19.6 Å². The number of aliphatic carboxylic acids is 1. The van der Waals surface area contributed by atoms with Gasteiger partial charge in [-0.05, 0) is 38.8 Å². The molecule has 2 fully saturated rings. The molecule has 4 unspecified atom stereocenters. The van der Waals surface area contributed by atoms with Crippen LogP contribution in [0.15, 0.2) is 0 Å². The van der Waals surface area contributed by atoms with E-state index in [9.17, 15) is 13.2 Å². The highest BCUT2D eigenvalue weighted by molar-refractivity contribution is 7.90. The number of fused-ring (bicyclic) bond motifs is 1. The van der Waals surface area contributed by atoms with E-state index in [0.29, 0.717) is 18.4 Å². The average Bonchev–Trinajstić information content (AvgIpc) is 2.80. The maximum absolute atomic E-state index is 12.1. The van der Waals surface area contributed by atoms with Crippen molar-refractivity contribution in [1.82, 2.24) is 9.62 Å². The molecular formula is C10H18N2O4S. The van der Waals surface area contributed by atoms with Gasteiger partial charge in [-0.2, -0.15) is 4.31 Å². The van der Waals surface area contributed by atoms with Gasteiger partial charge in [-0.3, -0.25) is 4.79 Å². The minimum Gasteiger partial charge on any atom is -0.480 e. The van der Waals surface area contributed by atoms with Gasteiger partial charge in [-0.25, -0.2) is 8.42 Å². The van der Waals surface area contributed by atoms with Crippen LogP contribution in [0.2, 0.25) is 0 Å². The molecule has 2 rings (SSSR count). The Morgan fingerprint density at radius 3 is 2.65 bits per heavy atom. The zero-order valence-corrected chi connectivity index (χ0v) is 10.8. The molecule has 0 aromatic rings. The summed E-state index contributed by atoms with van der Waals surface area (Å²) in [5.74, 6) is -0.654. The topological polar surface area (TPSA) is 86.7 Å². The summed E-state index contributed by atoms with van der Waals surface area (Å²) in [6.07, 6.45) is 0. The van der Waals surface area contributed by atoms with Crippen LogP contribution in [0.5, 0.6) is 0 Å². The Morgan fingerprint density at radius 1 is 1.47 bits per heavy atom. The van der Waals surface area contributed by atoms with Gasteiger partial charge >= 0.3 is 5.97 Å². The number of nitrogens with zero attached hydrogens (tertiary/aromatic N) is 1. The monoisotopic (exact) mass is 262 g/mol. The van der Waals surface area contributed by atoms with Crippen LogP contribution in [-0.2, 0) is 14.8 Å². The standard InChI is InChI=1S/C10H18N2O4S/c1-6-9-4-11-3-8(9)5-12(6)17(15,16)7(2)10(13)14/h6-9,11H,3-5H2,1-2H3,(H,13,14). The fourth-order valence-corrected chi connectivity index (χ4v) is 4.48. The van der Waals surface area contributed by atoms with Gasteiger partial charge in [-0.1, -0.05) is 0 Å². The van der Waals surface area contributed by atoms with Crippen LogP contribution in [0.1, 0.15) is 13.8 Å². The van der Waals surface area contributed by atoms with Crippen molar-refractivity contribution in [3.63, 3.8) is 0 Å². The first kappa shape index (κ1) is 12.8. The molecule has 0 saturated carbocycles. The van der Waals surface area contributed by atoms with Gasteiger partial charge in [0.1, 0.15) is 0 Å². The smallest absolute Gasteiger partial charge is 0.323 e. The second-order valence-corrected chi connectivity index (χ2v) is 7.12. The molecule has 17 heavy (non-hydrogen) atoms. The van der Waals surface area contributed by atoms with E-state index in [0.717, 1.165) is 13.1 Å². The van der Waals surface area contributed by atoms with Crippen LogP contribution in [0.25, 0.3) is 0 Å². The molecule has 2 aliphatic rings. The van der Waals surface area contributed by atoms with Crippen molar-refractivity contribution in [3.05, 3.63) is 0 Å². The third-order valence-electron chi connectivity index (χ3n) is 4.00. The predicted octanol–water partition coefficient (Wildman–Crippen LogP) is -0.671. The fraction of sp³-hybridized carbons (Fsp3) is 0.900. The Labute approximate surface area is 101 Å². The lowest BCUT2D eigenvalue weighted by Gasteiger charge is -2.25. The summed E-state index contributed by atoms with van der Waals surface area (Å²) in [7, 11) is -3.72. The van der Waals surface area contributed by atoms with Crippen LogP contribution >= 0.6 is 0 Å². The van der Waals surface area contributed by atoms with Gasteiger partial charge in [0.05, 0.1) is 0 Å². The molecule has 98 valence electrons. The number of carboxylic acids is 1. The summed E-state index contributed by atoms with van der Waals surface area (Å²) < 4.78 is 25.7. The van der Waals surface area contributed by atoms with E-state index in [1.165, 1.54) is 11.2 Å². The molecule has 2 N–H and O–H groups in total. The number of nitrogens with one attached hydrogen (secondary N) is 1. The summed E-state index contributed by atoms with van der Waals surface area (Å²) >= 11 is 0. The molecule has 2 saturated heterocycles. The molecule has 4 atom stereocenters. The second kappa shape index (κ2) is 4.22. The quantitative estimate of drug-likeness (QED) is 0.704. The van der Waals surface area contributed by atoms with Crippen molar-refractivity contribution in [1.29, 1.82) is 0 Å². The van der Waals surface area contributed by atoms with Gasteiger partial charge in [0.25, 0.3) is 0 Å². The molecule has 2 aliphatic heterocycles. The van der Waals surface area contributed by atoms with Crippen LogP contribution in [0.3, 0.4) is 0 Å². The second-order valence-electron chi connectivity index (χ2n) is 4.92. The SMILES string of the molecule is CC1C2CNCC2CN1S(=O)(=O)C(C)C(=O)O. The molecule has 2 heterocycles. The molecular weight excluding hydrogens is 244 g/mol. The van der Waals surface area contributed by atoms with Gasteiger partial charge in [0.15, 0.2) is 5.25 Å². The lowest BCUT2D eigenvalue weighted by Crippen LogP contribution is -2.44. The minimum absolute atomic E-state index is 0.109. The van der Waals surface area contributed by atoms with Crippen molar-refractivity contribution in [2.45, 2.75) is 25.1 Å². The molecule has 0 aromatic heterocycles. The molecule has 0 bridgehead atoms. The maximum atomic E-state index is 12.1. The lowest BCUT2D eigenvalue weighted by atomic mass is 9.95. The van der Waals surface area contributed by atoms with Gasteiger partial charge in [0, 0.05) is 12.6 Å². The average molecular weight is 262 g/mol. The largest absolute Gasteiger partial charge is 0.480 e. The van der Waals surface area contributed by atoms with E-state index in [2.05, 4.69) is 5.32 Å². The summed E-state index contributed by atoms with van der Waals surface area (Å²) in [6, 6.07) is -0.109. The van der Waals surface area contributed by atoms with Gasteiger partial charge in [-0.15, -0.1) is 0 Å². The Kier molecular flexibility index (Phi) is 3.17. The molecule has 0 amide bonds. The normalized spacial score (nSPS) is 35.8. The van der Waals surface area contributed by atoms with E-state index < -0.39 is 21.2 Å². The van der Waals surface area contributed by atoms with Crippen LogP contribution in [0, 0.1) is 11.8 Å². The summed E-state index contributed by atoms with van der Waals surface area (Å²) in [5, 5.41) is 10.7. The van der Waals surface area contributed by atoms with Crippen molar-refractivity contribution in [2.24, 2.45) is 11.8 Å². The van der Waals surface area contributed by atoms with Crippen molar-refractivity contribution in [3.8, 4) is 0 Å². The van der Waals surface area contributed by atoms with Crippen molar-refractivity contribution < 1.29 is 18.3 Å². The summed E-state index contributed by atoms with van der Waals surface area (Å²) in [6.45, 7) is 5.18. The van der Waals surface area contributed by atoms with Crippen LogP contribution in [-0.4, -0.2) is 54.7 Å². The lowest BCUT2D eigenvalue weighted by molar-refractivity contribution is -0.136. The highest BCUT2D eigenvalue weighted by atomic mass is 32.2. The van der Waals surface area contributed by atoms with Crippen molar-refractivity contribution >= 4 is 16.0 Å². The molecule has 7 heteroatoms. The van der Waals surface area contributed by atoms with Crippen LogP contribution < -0.4 is 5.32 Å². The van der Waals surface area contributed by atoms with Gasteiger partial charge < -0.3 is 10.4 Å². The zero-order valence-electron chi connectivity index (χ0n) is 9.96. The fourth-order valence-electron chi connectivity index (χ4n) is 2.79. The molecule has 0 spiro atoms. The number of carboxylic acid groups (broad SMARTS) is 1. The maximum Gasteiger partial charge on any atom is 0.323 e. The number of carbonyl (C=O) groups is 1. The first-order valence-corrected chi connectivity index (χ1v) is 7.30. The highest BCUT2D eigenvalue weighted by Crippen LogP contribution is 2.35. The first-order chi connectivity index (χ1) is 7.85. The third-order valence-corrected chi connectivity index (χ3v) is 6.23. The molecule has 0 aromatic carbocycles. The Hall–Kier alpha value is -0.660. The number of hydrogen-bond donors (Lipinski definition) is 2. The van der Waals surface area contributed by atoms with E-state index >= 15 is 0 Å². The third kappa shape index (κ3) is 1.96. The predicted molar refractivity (Wildman–Crippen MR) is 62.0 cm³/mol. The number of hydrogen-bond acceptors (Lipinski definition) is 4. The van der Waals surface area contributed by atoms with Gasteiger partial charge in [0.2, 0.25) is 10.0 Å². The van der Waals surface area contributed by atoms with Crippen LogP contribution in [0.4, 0.5) is 0 Å². The first-order valence-electron chi connectivity index (χ1n) is 5.80. The highest BCUT2D eigenvalue weighted by Gasteiger charge is 2.48. The Bertz CT molecular complexity index is 422.